The molecule has 0 amide bonds. The Hall–Kier alpha value is -1.42. The number of benzene rings is 2. The van der Waals surface area contributed by atoms with Crippen LogP contribution in [0.3, 0.4) is 0 Å². The topological polar surface area (TPSA) is 29.5 Å². The molecule has 3 rings (SSSR count). The SMILES string of the molecule is CC(C)(C)[Si](OC[C@@H]1C[C@H]1CCO)(c1ccccc1)c1ccccc1. The summed E-state index contributed by atoms with van der Waals surface area (Å²) < 4.78 is 6.92. The Balaban J connectivity index is 1.98. The van der Waals surface area contributed by atoms with E-state index in [-0.39, 0.29) is 5.04 Å². The molecule has 2 aromatic rings. The number of rotatable bonds is 7. The predicted molar refractivity (Wildman–Crippen MR) is 107 cm³/mol. The molecule has 0 aromatic heterocycles. The smallest absolute Gasteiger partial charge is 0.261 e. The molecule has 1 N–H and O–H groups in total. The molecule has 0 spiro atoms. The molecule has 0 unspecified atom stereocenters. The van der Waals surface area contributed by atoms with Gasteiger partial charge in [0.25, 0.3) is 8.32 Å². The molecule has 1 aliphatic carbocycles. The molecule has 25 heavy (non-hydrogen) atoms. The Kier molecular flexibility index (Phi) is 5.47. The maximum Gasteiger partial charge on any atom is 0.261 e. The Morgan fingerprint density at radius 3 is 1.88 bits per heavy atom. The fourth-order valence-corrected chi connectivity index (χ4v) is 8.65. The highest BCUT2D eigenvalue weighted by Gasteiger charge is 2.51. The van der Waals surface area contributed by atoms with Crippen LogP contribution in [0.15, 0.2) is 60.7 Å². The standard InChI is InChI=1S/C22H30O2Si/c1-22(2,3)25(20-10-6-4-7-11-20,21-12-8-5-9-13-21)24-17-19-16-18(19)14-15-23/h4-13,18-19,23H,14-17H2,1-3H3/t18-,19+/m1/s1. The van der Waals surface area contributed by atoms with Crippen molar-refractivity contribution in [3.8, 4) is 0 Å². The molecule has 134 valence electrons. The molecule has 0 saturated heterocycles. The quantitative estimate of drug-likeness (QED) is 0.770. The second-order valence-corrected chi connectivity index (χ2v) is 12.5. The normalized spacial score (nSPS) is 20.5. The Morgan fingerprint density at radius 1 is 0.920 bits per heavy atom. The zero-order chi connectivity index (χ0) is 17.9. The van der Waals surface area contributed by atoms with Gasteiger partial charge in [0.15, 0.2) is 0 Å². The van der Waals surface area contributed by atoms with Gasteiger partial charge in [0, 0.05) is 13.2 Å². The van der Waals surface area contributed by atoms with E-state index in [0.717, 1.165) is 13.0 Å². The summed E-state index contributed by atoms with van der Waals surface area (Å²) >= 11 is 0. The first-order chi connectivity index (χ1) is 12.0. The maximum atomic E-state index is 9.18. The summed E-state index contributed by atoms with van der Waals surface area (Å²) in [5.74, 6) is 1.25. The number of aliphatic hydroxyl groups excluding tert-OH is 1. The van der Waals surface area contributed by atoms with Crippen LogP contribution < -0.4 is 10.4 Å². The first kappa shape index (κ1) is 18.4. The lowest BCUT2D eigenvalue weighted by Gasteiger charge is -2.43. The largest absolute Gasteiger partial charge is 0.407 e. The van der Waals surface area contributed by atoms with Crippen LogP contribution in [-0.4, -0.2) is 26.6 Å². The van der Waals surface area contributed by atoms with Gasteiger partial charge in [-0.1, -0.05) is 81.4 Å². The number of aliphatic hydroxyl groups is 1. The lowest BCUT2D eigenvalue weighted by atomic mass is 10.2. The molecule has 0 heterocycles. The van der Waals surface area contributed by atoms with E-state index in [9.17, 15) is 5.11 Å². The summed E-state index contributed by atoms with van der Waals surface area (Å²) in [6, 6.07) is 21.6. The molecule has 1 aliphatic rings. The molecular formula is C22H30O2Si. The van der Waals surface area contributed by atoms with Gasteiger partial charge in [-0.15, -0.1) is 0 Å². The molecular weight excluding hydrogens is 324 g/mol. The average molecular weight is 355 g/mol. The molecule has 1 saturated carbocycles. The van der Waals surface area contributed by atoms with Crippen LogP contribution >= 0.6 is 0 Å². The van der Waals surface area contributed by atoms with Gasteiger partial charge in [0.2, 0.25) is 0 Å². The van der Waals surface area contributed by atoms with Crippen LogP contribution in [-0.2, 0) is 4.43 Å². The minimum absolute atomic E-state index is 0.0388. The van der Waals surface area contributed by atoms with Crippen molar-refractivity contribution >= 4 is 18.7 Å². The van der Waals surface area contributed by atoms with Crippen molar-refractivity contribution in [1.29, 1.82) is 0 Å². The van der Waals surface area contributed by atoms with Crippen molar-refractivity contribution in [1.82, 2.24) is 0 Å². The fourth-order valence-electron chi connectivity index (χ4n) is 4.03. The van der Waals surface area contributed by atoms with Crippen LogP contribution in [0.1, 0.15) is 33.6 Å². The Morgan fingerprint density at radius 2 is 1.44 bits per heavy atom. The van der Waals surface area contributed by atoms with Gasteiger partial charge in [0.05, 0.1) is 0 Å². The van der Waals surface area contributed by atoms with E-state index in [2.05, 4.69) is 81.4 Å². The van der Waals surface area contributed by atoms with Crippen LogP contribution in [0.5, 0.6) is 0 Å². The molecule has 1 fully saturated rings. The zero-order valence-electron chi connectivity index (χ0n) is 15.6. The van der Waals surface area contributed by atoms with Gasteiger partial charge >= 0.3 is 0 Å². The van der Waals surface area contributed by atoms with Crippen molar-refractivity contribution in [2.45, 2.75) is 38.7 Å². The van der Waals surface area contributed by atoms with Crippen LogP contribution in [0.25, 0.3) is 0 Å². The van der Waals surface area contributed by atoms with Crippen molar-refractivity contribution in [2.75, 3.05) is 13.2 Å². The lowest BCUT2D eigenvalue weighted by Crippen LogP contribution is -2.66. The van der Waals surface area contributed by atoms with Crippen molar-refractivity contribution in [2.24, 2.45) is 11.8 Å². The van der Waals surface area contributed by atoms with Gasteiger partial charge < -0.3 is 9.53 Å². The van der Waals surface area contributed by atoms with Gasteiger partial charge in [-0.25, -0.2) is 0 Å². The third-order valence-corrected chi connectivity index (χ3v) is 10.5. The molecule has 3 heteroatoms. The van der Waals surface area contributed by atoms with E-state index in [4.69, 9.17) is 4.43 Å². The summed E-state index contributed by atoms with van der Waals surface area (Å²) in [7, 11) is -2.39. The summed E-state index contributed by atoms with van der Waals surface area (Å²) in [6.07, 6.45) is 2.10. The Bertz CT molecular complexity index is 624. The van der Waals surface area contributed by atoms with Crippen LogP contribution in [0, 0.1) is 11.8 Å². The highest BCUT2D eigenvalue weighted by Crippen LogP contribution is 2.43. The third-order valence-electron chi connectivity index (χ3n) is 5.50. The maximum absolute atomic E-state index is 9.18. The van der Waals surface area contributed by atoms with Crippen molar-refractivity contribution in [3.63, 3.8) is 0 Å². The summed E-state index contributed by atoms with van der Waals surface area (Å²) in [5, 5.41) is 11.9. The lowest BCUT2D eigenvalue weighted by molar-refractivity contribution is 0.252. The van der Waals surface area contributed by atoms with E-state index in [1.54, 1.807) is 0 Å². The van der Waals surface area contributed by atoms with Crippen LogP contribution in [0.4, 0.5) is 0 Å². The van der Waals surface area contributed by atoms with E-state index >= 15 is 0 Å². The molecule has 2 atom stereocenters. The van der Waals surface area contributed by atoms with E-state index in [1.165, 1.54) is 16.8 Å². The minimum Gasteiger partial charge on any atom is -0.407 e. The molecule has 0 radical (unpaired) electrons. The predicted octanol–water partition coefficient (Wildman–Crippen LogP) is 3.58. The van der Waals surface area contributed by atoms with Gasteiger partial charge in [-0.3, -0.25) is 0 Å². The van der Waals surface area contributed by atoms with Crippen molar-refractivity contribution in [3.05, 3.63) is 60.7 Å². The average Bonchev–Trinajstić information content (AvgIpc) is 3.35. The van der Waals surface area contributed by atoms with E-state index < -0.39 is 8.32 Å². The molecule has 0 bridgehead atoms. The summed E-state index contributed by atoms with van der Waals surface area (Å²) in [4.78, 5) is 0. The van der Waals surface area contributed by atoms with E-state index in [0.29, 0.717) is 18.4 Å². The monoisotopic (exact) mass is 354 g/mol. The van der Waals surface area contributed by atoms with E-state index in [1.807, 2.05) is 0 Å². The summed E-state index contributed by atoms with van der Waals surface area (Å²) in [5.41, 5.74) is 0. The first-order valence-electron chi connectivity index (χ1n) is 9.35. The first-order valence-corrected chi connectivity index (χ1v) is 11.3. The molecule has 0 aliphatic heterocycles. The molecule has 2 nitrogen and oxygen atoms in total. The zero-order valence-corrected chi connectivity index (χ0v) is 16.6. The highest BCUT2D eigenvalue weighted by molar-refractivity contribution is 6.99. The highest BCUT2D eigenvalue weighted by atomic mass is 28.4. The van der Waals surface area contributed by atoms with Crippen molar-refractivity contribution < 1.29 is 9.53 Å². The van der Waals surface area contributed by atoms with Gasteiger partial charge in [-0.05, 0) is 40.1 Å². The second-order valence-electron chi connectivity index (χ2n) is 8.24. The number of hydrogen-bond acceptors (Lipinski definition) is 2. The minimum atomic E-state index is -2.39. The third kappa shape index (κ3) is 3.74. The van der Waals surface area contributed by atoms with Gasteiger partial charge in [0.1, 0.15) is 0 Å². The van der Waals surface area contributed by atoms with Crippen LogP contribution in [0.2, 0.25) is 5.04 Å². The Labute approximate surface area is 153 Å². The fraction of sp³-hybridized carbons (Fsp3) is 0.455. The molecule has 2 aromatic carbocycles. The second kappa shape index (κ2) is 7.44. The number of hydrogen-bond donors (Lipinski definition) is 1. The summed E-state index contributed by atoms with van der Waals surface area (Å²) in [6.45, 7) is 8.05. The van der Waals surface area contributed by atoms with Gasteiger partial charge in [-0.2, -0.15) is 0 Å².